The highest BCUT2D eigenvalue weighted by Crippen LogP contribution is 2.07. The van der Waals surface area contributed by atoms with Crippen molar-refractivity contribution in [2.45, 2.75) is 32.3 Å². The summed E-state index contributed by atoms with van der Waals surface area (Å²) in [5.74, 6) is 0.0470. The van der Waals surface area contributed by atoms with Gasteiger partial charge in [-0.05, 0) is 6.42 Å². The third-order valence-electron chi connectivity index (χ3n) is 2.45. The zero-order valence-electron chi connectivity index (χ0n) is 8.74. The van der Waals surface area contributed by atoms with E-state index in [0.717, 1.165) is 25.8 Å². The Morgan fingerprint density at radius 2 is 2.36 bits per heavy atom. The van der Waals surface area contributed by atoms with Crippen molar-refractivity contribution < 1.29 is 14.6 Å². The van der Waals surface area contributed by atoms with Gasteiger partial charge in [0.1, 0.15) is 6.61 Å². The van der Waals surface area contributed by atoms with Gasteiger partial charge in [0.25, 0.3) is 0 Å². The highest BCUT2D eigenvalue weighted by molar-refractivity contribution is 5.78. The lowest BCUT2D eigenvalue weighted by molar-refractivity contribution is -0.151. The summed E-state index contributed by atoms with van der Waals surface area (Å²) in [6.07, 6.45) is 3.16. The van der Waals surface area contributed by atoms with E-state index >= 15 is 0 Å². The molecule has 1 unspecified atom stereocenters. The van der Waals surface area contributed by atoms with Gasteiger partial charge < -0.3 is 14.7 Å². The molecule has 14 heavy (non-hydrogen) atoms. The Hall–Kier alpha value is -0.610. The van der Waals surface area contributed by atoms with Crippen LogP contribution in [0.5, 0.6) is 0 Å². The van der Waals surface area contributed by atoms with Crippen LogP contribution in [-0.4, -0.2) is 48.3 Å². The molecule has 4 nitrogen and oxygen atoms in total. The summed E-state index contributed by atoms with van der Waals surface area (Å²) in [7, 11) is 0. The number of ether oxygens (including phenoxy) is 1. The third kappa shape index (κ3) is 3.27. The minimum atomic E-state index is -0.186. The Balaban J connectivity index is 2.29. The Labute approximate surface area is 84.8 Å². The van der Waals surface area contributed by atoms with Crippen LogP contribution in [0.4, 0.5) is 0 Å². The highest BCUT2D eigenvalue weighted by atomic mass is 16.5. The quantitative estimate of drug-likeness (QED) is 0.655. The Kier molecular flexibility index (Phi) is 4.90. The van der Waals surface area contributed by atoms with Gasteiger partial charge in [-0.3, -0.25) is 4.79 Å². The summed E-state index contributed by atoms with van der Waals surface area (Å²) in [5, 5.41) is 8.90. The first-order chi connectivity index (χ1) is 6.77. The van der Waals surface area contributed by atoms with Crippen LogP contribution in [-0.2, 0) is 9.53 Å². The molecule has 1 aliphatic heterocycles. The summed E-state index contributed by atoms with van der Waals surface area (Å²) < 4.78 is 5.13. The van der Waals surface area contributed by atoms with Gasteiger partial charge in [0.2, 0.25) is 5.91 Å². The summed E-state index contributed by atoms with van der Waals surface area (Å²) in [6, 6.07) is 0. The first-order valence-electron chi connectivity index (χ1n) is 5.28. The smallest absolute Gasteiger partial charge is 0.248 e. The van der Waals surface area contributed by atoms with Crippen LogP contribution >= 0.6 is 0 Å². The van der Waals surface area contributed by atoms with Crippen LogP contribution in [0.25, 0.3) is 0 Å². The first-order valence-corrected chi connectivity index (χ1v) is 5.28. The third-order valence-corrected chi connectivity index (χ3v) is 2.45. The van der Waals surface area contributed by atoms with E-state index in [1.54, 1.807) is 4.90 Å². The number of aliphatic hydroxyl groups is 1. The number of carbonyl (C=O) groups excluding carboxylic acids is 1. The zero-order chi connectivity index (χ0) is 10.4. The molecule has 0 radical (unpaired) electrons. The lowest BCUT2D eigenvalue weighted by Gasteiger charge is -2.31. The molecule has 0 aliphatic carbocycles. The van der Waals surface area contributed by atoms with Gasteiger partial charge in [-0.25, -0.2) is 0 Å². The molecule has 0 spiro atoms. The van der Waals surface area contributed by atoms with Crippen molar-refractivity contribution in [1.82, 2.24) is 4.90 Å². The number of aliphatic hydroxyl groups excluding tert-OH is 1. The van der Waals surface area contributed by atoms with E-state index in [4.69, 9.17) is 9.84 Å². The topological polar surface area (TPSA) is 49.8 Å². The molecule has 1 fully saturated rings. The van der Waals surface area contributed by atoms with E-state index in [1.165, 1.54) is 0 Å². The lowest BCUT2D eigenvalue weighted by atomic mass is 10.2. The molecule has 1 rings (SSSR count). The largest absolute Gasteiger partial charge is 0.394 e. The van der Waals surface area contributed by atoms with E-state index in [2.05, 4.69) is 6.92 Å². The molecule has 1 amide bonds. The maximum absolute atomic E-state index is 11.4. The summed E-state index contributed by atoms with van der Waals surface area (Å²) in [6.45, 7) is 3.60. The average molecular weight is 201 g/mol. The summed E-state index contributed by atoms with van der Waals surface area (Å²) in [5.41, 5.74) is 0. The summed E-state index contributed by atoms with van der Waals surface area (Å²) >= 11 is 0. The van der Waals surface area contributed by atoms with E-state index in [0.29, 0.717) is 6.54 Å². The van der Waals surface area contributed by atoms with Crippen LogP contribution in [0.15, 0.2) is 0 Å². The molecule has 1 atom stereocenters. The van der Waals surface area contributed by atoms with Crippen LogP contribution in [0.3, 0.4) is 0 Å². The predicted octanol–water partition coefficient (Wildman–Crippen LogP) is 0.396. The standard InChI is InChI=1S/C10H19NO3/c1-2-3-4-5-11-6-9(7-12)14-8-10(11)13/h9,12H,2-8H2,1H3. The molecular formula is C10H19NO3. The SMILES string of the molecule is CCCCCN1CC(CO)OCC1=O. The van der Waals surface area contributed by atoms with Gasteiger partial charge >= 0.3 is 0 Å². The number of nitrogens with zero attached hydrogens (tertiary/aromatic N) is 1. The van der Waals surface area contributed by atoms with Crippen molar-refractivity contribution in [2.24, 2.45) is 0 Å². The molecule has 1 aliphatic rings. The molecule has 0 saturated carbocycles. The fourth-order valence-corrected chi connectivity index (χ4v) is 1.56. The molecule has 0 aromatic carbocycles. The minimum Gasteiger partial charge on any atom is -0.394 e. The first kappa shape index (κ1) is 11.5. The van der Waals surface area contributed by atoms with Crippen LogP contribution in [0.2, 0.25) is 0 Å². The van der Waals surface area contributed by atoms with Crippen molar-refractivity contribution in [1.29, 1.82) is 0 Å². The molecule has 1 N–H and O–H groups in total. The second-order valence-corrected chi connectivity index (χ2v) is 3.66. The molecule has 0 bridgehead atoms. The van der Waals surface area contributed by atoms with E-state index in [-0.39, 0.29) is 25.2 Å². The normalized spacial score (nSPS) is 22.9. The van der Waals surface area contributed by atoms with E-state index in [9.17, 15) is 4.79 Å². The summed E-state index contributed by atoms with van der Waals surface area (Å²) in [4.78, 5) is 13.2. The molecular weight excluding hydrogens is 182 g/mol. The van der Waals surface area contributed by atoms with Crippen LogP contribution in [0.1, 0.15) is 26.2 Å². The Morgan fingerprint density at radius 1 is 1.57 bits per heavy atom. The van der Waals surface area contributed by atoms with E-state index in [1.807, 2.05) is 0 Å². The minimum absolute atomic E-state index is 0.00242. The number of carbonyl (C=O) groups is 1. The maximum Gasteiger partial charge on any atom is 0.248 e. The van der Waals surface area contributed by atoms with E-state index < -0.39 is 0 Å². The van der Waals surface area contributed by atoms with Crippen molar-refractivity contribution in [3.05, 3.63) is 0 Å². The zero-order valence-corrected chi connectivity index (χ0v) is 8.74. The molecule has 82 valence electrons. The Bertz CT molecular complexity index is 184. The van der Waals surface area contributed by atoms with Crippen molar-refractivity contribution in [3.63, 3.8) is 0 Å². The van der Waals surface area contributed by atoms with Gasteiger partial charge in [0.15, 0.2) is 0 Å². The van der Waals surface area contributed by atoms with Crippen LogP contribution < -0.4 is 0 Å². The van der Waals surface area contributed by atoms with Crippen molar-refractivity contribution >= 4 is 5.91 Å². The highest BCUT2D eigenvalue weighted by Gasteiger charge is 2.24. The Morgan fingerprint density at radius 3 is 3.00 bits per heavy atom. The molecule has 0 aromatic heterocycles. The van der Waals surface area contributed by atoms with Gasteiger partial charge in [-0.2, -0.15) is 0 Å². The van der Waals surface area contributed by atoms with Crippen molar-refractivity contribution in [3.8, 4) is 0 Å². The fraction of sp³-hybridized carbons (Fsp3) is 0.900. The number of unbranched alkanes of at least 4 members (excludes halogenated alkanes) is 2. The molecule has 1 heterocycles. The van der Waals surface area contributed by atoms with Crippen LogP contribution in [0, 0.1) is 0 Å². The molecule has 1 saturated heterocycles. The van der Waals surface area contributed by atoms with Crippen molar-refractivity contribution in [2.75, 3.05) is 26.3 Å². The second kappa shape index (κ2) is 5.98. The van der Waals surface area contributed by atoms with Gasteiger partial charge in [0.05, 0.1) is 12.7 Å². The van der Waals surface area contributed by atoms with Gasteiger partial charge in [-0.15, -0.1) is 0 Å². The fourth-order valence-electron chi connectivity index (χ4n) is 1.56. The second-order valence-electron chi connectivity index (χ2n) is 3.66. The van der Waals surface area contributed by atoms with Gasteiger partial charge in [0, 0.05) is 13.1 Å². The maximum atomic E-state index is 11.4. The van der Waals surface area contributed by atoms with Gasteiger partial charge in [-0.1, -0.05) is 19.8 Å². The number of hydrogen-bond acceptors (Lipinski definition) is 3. The number of morpholine rings is 1. The number of hydrogen-bond donors (Lipinski definition) is 1. The predicted molar refractivity (Wildman–Crippen MR) is 52.9 cm³/mol. The number of amides is 1. The molecule has 4 heteroatoms. The monoisotopic (exact) mass is 201 g/mol. The number of rotatable bonds is 5. The lowest BCUT2D eigenvalue weighted by Crippen LogP contribution is -2.48. The average Bonchev–Trinajstić information content (AvgIpc) is 2.21. The molecule has 0 aromatic rings.